The van der Waals surface area contributed by atoms with Crippen molar-refractivity contribution in [1.82, 2.24) is 4.31 Å². The number of ether oxygens (including phenoxy) is 1. The van der Waals surface area contributed by atoms with Crippen molar-refractivity contribution in [3.8, 4) is 5.75 Å². The summed E-state index contributed by atoms with van der Waals surface area (Å²) in [6.07, 6.45) is 0.960. The van der Waals surface area contributed by atoms with Gasteiger partial charge in [0.1, 0.15) is 12.3 Å². The van der Waals surface area contributed by atoms with Crippen molar-refractivity contribution in [2.45, 2.75) is 29.9 Å². The largest absolute Gasteiger partial charge is 0.480 e. The maximum Gasteiger partial charge on any atom is 0.387 e. The molecular formula is C18H16BrF2NO5S. The minimum Gasteiger partial charge on any atom is -0.480 e. The van der Waals surface area contributed by atoms with Crippen LogP contribution in [0, 0.1) is 0 Å². The molecule has 28 heavy (non-hydrogen) atoms. The van der Waals surface area contributed by atoms with Crippen molar-refractivity contribution in [2.24, 2.45) is 0 Å². The number of rotatable bonds is 8. The molecule has 1 fully saturated rings. The molecule has 0 bridgehead atoms. The number of hydrogen-bond acceptors (Lipinski definition) is 4. The summed E-state index contributed by atoms with van der Waals surface area (Å²) in [4.78, 5) is 11.2. The van der Waals surface area contributed by atoms with Crippen LogP contribution < -0.4 is 4.74 Å². The van der Waals surface area contributed by atoms with Crippen LogP contribution in [0.1, 0.15) is 18.4 Å². The fourth-order valence-corrected chi connectivity index (χ4v) is 5.10. The zero-order valence-electron chi connectivity index (χ0n) is 14.4. The number of aliphatic carboxylic acids is 1. The molecule has 0 heterocycles. The van der Waals surface area contributed by atoms with Gasteiger partial charge in [-0.2, -0.15) is 13.1 Å². The predicted molar refractivity (Wildman–Crippen MR) is 99.7 cm³/mol. The van der Waals surface area contributed by atoms with Crippen molar-refractivity contribution in [1.29, 1.82) is 0 Å². The van der Waals surface area contributed by atoms with E-state index >= 15 is 0 Å². The molecule has 0 aliphatic heterocycles. The number of carboxylic acids is 1. The van der Waals surface area contributed by atoms with E-state index < -0.39 is 34.7 Å². The summed E-state index contributed by atoms with van der Waals surface area (Å²) in [5.41, 5.74) is -0.256. The molecule has 2 aromatic rings. The average molecular weight is 476 g/mol. The SMILES string of the molecule is O=C(O)CN(C1(c2ccc(Br)cc2)CC1)S(=O)(=O)c1ccc(OC(F)F)cc1. The molecule has 1 N–H and O–H groups in total. The third-order valence-electron chi connectivity index (χ3n) is 4.50. The lowest BCUT2D eigenvalue weighted by Crippen LogP contribution is -2.43. The van der Waals surface area contributed by atoms with Crippen LogP contribution in [0.4, 0.5) is 8.78 Å². The van der Waals surface area contributed by atoms with E-state index in [0.717, 1.165) is 33.0 Å². The van der Waals surface area contributed by atoms with Crippen LogP contribution in [0.3, 0.4) is 0 Å². The van der Waals surface area contributed by atoms with E-state index in [1.165, 1.54) is 0 Å². The second kappa shape index (κ2) is 7.76. The zero-order chi connectivity index (χ0) is 20.5. The van der Waals surface area contributed by atoms with Crippen molar-refractivity contribution in [3.63, 3.8) is 0 Å². The Labute approximate surface area is 168 Å². The van der Waals surface area contributed by atoms with Gasteiger partial charge in [0.05, 0.1) is 10.4 Å². The van der Waals surface area contributed by atoms with E-state index in [1.807, 2.05) is 0 Å². The molecule has 0 spiro atoms. The average Bonchev–Trinajstić information content (AvgIpc) is 3.41. The van der Waals surface area contributed by atoms with Gasteiger partial charge in [0, 0.05) is 4.47 Å². The molecule has 0 unspecified atom stereocenters. The van der Waals surface area contributed by atoms with Gasteiger partial charge in [-0.25, -0.2) is 8.42 Å². The summed E-state index contributed by atoms with van der Waals surface area (Å²) in [6.45, 7) is -3.74. The highest BCUT2D eigenvalue weighted by atomic mass is 79.9. The molecule has 1 aliphatic carbocycles. The van der Waals surface area contributed by atoms with Gasteiger partial charge < -0.3 is 9.84 Å². The lowest BCUT2D eigenvalue weighted by molar-refractivity contribution is -0.137. The number of benzene rings is 2. The van der Waals surface area contributed by atoms with Crippen LogP contribution in [0.15, 0.2) is 57.9 Å². The molecule has 150 valence electrons. The smallest absolute Gasteiger partial charge is 0.387 e. The molecule has 0 saturated heterocycles. The lowest BCUT2D eigenvalue weighted by atomic mass is 10.1. The maximum atomic E-state index is 13.2. The Morgan fingerprint density at radius 1 is 1.14 bits per heavy atom. The number of alkyl halides is 2. The molecule has 6 nitrogen and oxygen atoms in total. The van der Waals surface area contributed by atoms with E-state index in [2.05, 4.69) is 20.7 Å². The van der Waals surface area contributed by atoms with Crippen LogP contribution in [0.2, 0.25) is 0 Å². The summed E-state index contributed by atoms with van der Waals surface area (Å²) >= 11 is 3.32. The van der Waals surface area contributed by atoms with E-state index in [-0.39, 0.29) is 10.6 Å². The number of carbonyl (C=O) groups is 1. The third-order valence-corrected chi connectivity index (χ3v) is 6.95. The molecule has 10 heteroatoms. The van der Waals surface area contributed by atoms with Crippen LogP contribution in [0.5, 0.6) is 5.75 Å². The monoisotopic (exact) mass is 475 g/mol. The van der Waals surface area contributed by atoms with Gasteiger partial charge in [-0.1, -0.05) is 28.1 Å². The van der Waals surface area contributed by atoms with E-state index in [1.54, 1.807) is 24.3 Å². The second-order valence-electron chi connectivity index (χ2n) is 6.29. The Bertz CT molecular complexity index is 960. The first-order chi connectivity index (χ1) is 13.1. The predicted octanol–water partition coefficient (Wildman–Crippen LogP) is 3.82. The van der Waals surface area contributed by atoms with Crippen LogP contribution in [-0.4, -0.2) is 37.0 Å². The Morgan fingerprint density at radius 2 is 1.71 bits per heavy atom. The second-order valence-corrected chi connectivity index (χ2v) is 9.07. The van der Waals surface area contributed by atoms with Crippen LogP contribution in [-0.2, 0) is 20.4 Å². The standard InChI is InChI=1S/C18H16BrF2NO5S/c19-13-3-1-12(2-4-13)18(9-10-18)22(11-16(23)24)28(25,26)15-7-5-14(6-8-15)27-17(20)21/h1-8,17H,9-11H2,(H,23,24). The quantitative estimate of drug-likeness (QED) is 0.627. The molecule has 1 aliphatic rings. The summed E-state index contributed by atoms with van der Waals surface area (Å²) < 4.78 is 57.0. The number of halogens is 3. The molecule has 2 aromatic carbocycles. The highest BCUT2D eigenvalue weighted by Gasteiger charge is 2.55. The molecule has 0 radical (unpaired) electrons. The first kappa shape index (κ1) is 20.7. The van der Waals surface area contributed by atoms with E-state index in [9.17, 15) is 27.1 Å². The Morgan fingerprint density at radius 3 is 2.18 bits per heavy atom. The zero-order valence-corrected chi connectivity index (χ0v) is 16.8. The third kappa shape index (κ3) is 4.18. The number of sulfonamides is 1. The highest BCUT2D eigenvalue weighted by molar-refractivity contribution is 9.10. The summed E-state index contributed by atoms with van der Waals surface area (Å²) in [5, 5.41) is 9.30. The van der Waals surface area contributed by atoms with Crippen molar-refractivity contribution < 1.29 is 31.8 Å². The fourth-order valence-electron chi connectivity index (χ4n) is 3.07. The van der Waals surface area contributed by atoms with Crippen LogP contribution in [0.25, 0.3) is 0 Å². The van der Waals surface area contributed by atoms with Crippen LogP contribution >= 0.6 is 15.9 Å². The number of carboxylic acid groups (broad SMARTS) is 1. The molecule has 1 saturated carbocycles. The number of nitrogens with zero attached hydrogens (tertiary/aromatic N) is 1. The summed E-state index contributed by atoms with van der Waals surface area (Å²) in [7, 11) is -4.20. The van der Waals surface area contributed by atoms with Crippen molar-refractivity contribution >= 4 is 31.9 Å². The van der Waals surface area contributed by atoms with E-state index in [0.29, 0.717) is 18.4 Å². The topological polar surface area (TPSA) is 83.9 Å². The molecule has 0 amide bonds. The minimum absolute atomic E-state index is 0.187. The molecule has 0 aromatic heterocycles. The van der Waals surface area contributed by atoms with Gasteiger partial charge in [0.15, 0.2) is 0 Å². The lowest BCUT2D eigenvalue weighted by Gasteiger charge is -2.30. The van der Waals surface area contributed by atoms with Crippen molar-refractivity contribution in [3.05, 3.63) is 58.6 Å². The normalized spacial score (nSPS) is 15.6. The minimum atomic E-state index is -4.20. The Kier molecular flexibility index (Phi) is 5.74. The Hall–Kier alpha value is -2.04. The van der Waals surface area contributed by atoms with Gasteiger partial charge >= 0.3 is 12.6 Å². The summed E-state index contributed by atoms with van der Waals surface area (Å²) in [6, 6.07) is 11.5. The highest BCUT2D eigenvalue weighted by Crippen LogP contribution is 2.53. The molecule has 0 atom stereocenters. The fraction of sp³-hybridized carbons (Fsp3) is 0.278. The Balaban J connectivity index is 1.99. The summed E-state index contributed by atoms with van der Waals surface area (Å²) in [5.74, 6) is -1.47. The van der Waals surface area contributed by atoms with Crippen molar-refractivity contribution in [2.75, 3.05) is 6.54 Å². The van der Waals surface area contributed by atoms with Gasteiger partial charge in [0.2, 0.25) is 10.0 Å². The van der Waals surface area contributed by atoms with E-state index in [4.69, 9.17) is 0 Å². The first-order valence-electron chi connectivity index (χ1n) is 8.21. The number of hydrogen-bond donors (Lipinski definition) is 1. The molecular weight excluding hydrogens is 460 g/mol. The van der Waals surface area contributed by atoms with Gasteiger partial charge in [-0.3, -0.25) is 4.79 Å². The van der Waals surface area contributed by atoms with Gasteiger partial charge in [-0.15, -0.1) is 0 Å². The van der Waals surface area contributed by atoms with Gasteiger partial charge in [0.25, 0.3) is 0 Å². The van der Waals surface area contributed by atoms with Gasteiger partial charge in [-0.05, 0) is 54.8 Å². The maximum absolute atomic E-state index is 13.2. The first-order valence-corrected chi connectivity index (χ1v) is 10.4. The molecule has 3 rings (SSSR count).